The monoisotopic (exact) mass is 212 g/mol. The van der Waals surface area contributed by atoms with Crippen molar-refractivity contribution >= 4 is 33.5 Å². The Bertz CT molecular complexity index is 454. The first kappa shape index (κ1) is 8.46. The van der Waals surface area contributed by atoms with Gasteiger partial charge in [-0.25, -0.2) is 4.98 Å². The third-order valence-electron chi connectivity index (χ3n) is 1.48. The Morgan fingerprint density at radius 3 is 3.15 bits per heavy atom. The van der Waals surface area contributed by atoms with Crippen LogP contribution in [0.15, 0.2) is 28.6 Å². The van der Waals surface area contributed by atoms with Gasteiger partial charge in [0.05, 0.1) is 20.6 Å². The zero-order chi connectivity index (χ0) is 9.26. The molecule has 0 atom stereocenters. The van der Waals surface area contributed by atoms with Crippen LogP contribution in [0.1, 0.15) is 0 Å². The molecule has 1 heterocycles. The molecule has 0 saturated heterocycles. The lowest BCUT2D eigenvalue weighted by atomic mass is 10.3. The highest BCUT2D eigenvalue weighted by Crippen LogP contribution is 2.24. The van der Waals surface area contributed by atoms with Crippen molar-refractivity contribution in [2.24, 2.45) is 0 Å². The standard InChI is InChI=1S/C7H4N2O2S2/c10-9(11)13-5-1-2-7-6(3-5)8-4-12-7/h1-4H. The second-order valence-corrected chi connectivity index (χ2v) is 4.14. The van der Waals surface area contributed by atoms with Crippen molar-refractivity contribution in [3.8, 4) is 0 Å². The lowest BCUT2D eigenvalue weighted by Gasteiger charge is -1.90. The molecule has 2 aromatic rings. The highest BCUT2D eigenvalue weighted by molar-refractivity contribution is 7.93. The second-order valence-electron chi connectivity index (χ2n) is 2.30. The SMILES string of the molecule is O=[N+]([O-])Sc1ccc2scnc2c1. The maximum atomic E-state index is 10.2. The van der Waals surface area contributed by atoms with Crippen LogP contribution in [0.25, 0.3) is 10.2 Å². The molecule has 13 heavy (non-hydrogen) atoms. The van der Waals surface area contributed by atoms with Gasteiger partial charge in [-0.2, -0.15) is 0 Å². The molecule has 66 valence electrons. The molecule has 0 radical (unpaired) electrons. The summed E-state index contributed by atoms with van der Waals surface area (Å²) < 4.78 is 0.626. The Hall–Kier alpha value is -1.14. The van der Waals surface area contributed by atoms with Crippen molar-refractivity contribution < 1.29 is 4.33 Å². The Balaban J connectivity index is 2.42. The summed E-state index contributed by atoms with van der Waals surface area (Å²) in [6, 6.07) is 5.30. The highest BCUT2D eigenvalue weighted by atomic mass is 32.2. The van der Waals surface area contributed by atoms with Gasteiger partial charge in [0.15, 0.2) is 0 Å². The normalized spacial score (nSPS) is 10.5. The fraction of sp³-hybridized carbons (Fsp3) is 0. The number of nitro groups is 1. The lowest BCUT2D eigenvalue weighted by Crippen LogP contribution is -1.82. The van der Waals surface area contributed by atoms with E-state index in [1.54, 1.807) is 17.6 Å². The molecule has 0 aliphatic carbocycles. The minimum atomic E-state index is -0.423. The molecule has 4 nitrogen and oxygen atoms in total. The van der Waals surface area contributed by atoms with Crippen molar-refractivity contribution in [3.05, 3.63) is 33.8 Å². The third-order valence-corrected chi connectivity index (χ3v) is 2.91. The minimum Gasteiger partial charge on any atom is -0.250 e. The van der Waals surface area contributed by atoms with E-state index in [9.17, 15) is 10.1 Å². The largest absolute Gasteiger partial charge is 0.265 e. The highest BCUT2D eigenvalue weighted by Gasteiger charge is 2.06. The number of nitrogens with zero attached hydrogens (tertiary/aromatic N) is 2. The summed E-state index contributed by atoms with van der Waals surface area (Å²) in [4.78, 5) is 14.9. The molecule has 0 fully saturated rings. The summed E-state index contributed by atoms with van der Waals surface area (Å²) >= 11 is 2.13. The third kappa shape index (κ3) is 1.78. The zero-order valence-electron chi connectivity index (χ0n) is 6.34. The lowest BCUT2D eigenvalue weighted by molar-refractivity contribution is -0.284. The summed E-state index contributed by atoms with van der Waals surface area (Å²) in [5, 5.41) is 10.2. The van der Waals surface area contributed by atoms with Crippen molar-refractivity contribution in [3.63, 3.8) is 0 Å². The van der Waals surface area contributed by atoms with Crippen LogP contribution in [0.5, 0.6) is 0 Å². The van der Waals surface area contributed by atoms with E-state index < -0.39 is 4.33 Å². The average Bonchev–Trinajstić information content (AvgIpc) is 2.49. The molecule has 2 rings (SSSR count). The predicted molar refractivity (Wildman–Crippen MR) is 52.5 cm³/mol. The van der Waals surface area contributed by atoms with Gasteiger partial charge in [-0.05, 0) is 18.2 Å². The molecule has 1 aromatic carbocycles. The van der Waals surface area contributed by atoms with Gasteiger partial charge in [-0.3, -0.25) is 10.1 Å². The van der Waals surface area contributed by atoms with Crippen LogP contribution in [0, 0.1) is 10.1 Å². The molecule has 0 unspecified atom stereocenters. The van der Waals surface area contributed by atoms with Gasteiger partial charge >= 0.3 is 0 Å². The first-order valence-electron chi connectivity index (χ1n) is 3.41. The zero-order valence-corrected chi connectivity index (χ0v) is 7.97. The van der Waals surface area contributed by atoms with Gasteiger partial charge in [0.2, 0.25) is 0 Å². The van der Waals surface area contributed by atoms with E-state index in [1.807, 2.05) is 6.07 Å². The molecule has 0 spiro atoms. The number of aromatic nitrogens is 1. The molecule has 6 heteroatoms. The number of benzene rings is 1. The van der Waals surface area contributed by atoms with E-state index in [0.29, 0.717) is 16.8 Å². The number of hydrogen-bond donors (Lipinski definition) is 0. The first-order valence-corrected chi connectivity index (χ1v) is 5.06. The Morgan fingerprint density at radius 1 is 1.54 bits per heavy atom. The van der Waals surface area contributed by atoms with E-state index >= 15 is 0 Å². The maximum Gasteiger partial charge on any atom is 0.265 e. The first-order chi connectivity index (χ1) is 6.25. The van der Waals surface area contributed by atoms with Crippen LogP contribution >= 0.6 is 23.3 Å². The van der Waals surface area contributed by atoms with Gasteiger partial charge in [-0.1, -0.05) is 0 Å². The summed E-state index contributed by atoms with van der Waals surface area (Å²) in [5.41, 5.74) is 2.54. The quantitative estimate of drug-likeness (QED) is 0.436. The van der Waals surface area contributed by atoms with Gasteiger partial charge in [0, 0.05) is 0 Å². The Morgan fingerprint density at radius 2 is 2.38 bits per heavy atom. The fourth-order valence-corrected chi connectivity index (χ4v) is 2.10. The Kier molecular flexibility index (Phi) is 2.15. The van der Waals surface area contributed by atoms with E-state index in [0.717, 1.165) is 10.2 Å². The van der Waals surface area contributed by atoms with Crippen LogP contribution in [0.3, 0.4) is 0 Å². The predicted octanol–water partition coefficient (Wildman–Crippen LogP) is 2.58. The summed E-state index contributed by atoms with van der Waals surface area (Å²) in [7, 11) is 0. The maximum absolute atomic E-state index is 10.2. The molecule has 0 aliphatic heterocycles. The second kappa shape index (κ2) is 3.31. The number of fused-ring (bicyclic) bond motifs is 1. The summed E-state index contributed by atoms with van der Waals surface area (Å²) in [5.74, 6) is 0. The molecule has 0 amide bonds. The van der Waals surface area contributed by atoms with Crippen LogP contribution in [0.2, 0.25) is 0 Å². The van der Waals surface area contributed by atoms with Crippen LogP contribution in [0.4, 0.5) is 0 Å². The number of rotatable bonds is 2. The molecule has 0 aliphatic rings. The molecule has 1 aromatic heterocycles. The Labute approximate surface area is 81.9 Å². The van der Waals surface area contributed by atoms with Crippen molar-refractivity contribution in [2.75, 3.05) is 0 Å². The van der Waals surface area contributed by atoms with Crippen molar-refractivity contribution in [1.82, 2.24) is 4.98 Å². The topological polar surface area (TPSA) is 56.0 Å². The van der Waals surface area contributed by atoms with E-state index in [2.05, 4.69) is 4.98 Å². The van der Waals surface area contributed by atoms with Gasteiger partial charge in [-0.15, -0.1) is 11.3 Å². The average molecular weight is 212 g/mol. The summed E-state index contributed by atoms with van der Waals surface area (Å²) in [6.45, 7) is 0. The van der Waals surface area contributed by atoms with E-state index in [-0.39, 0.29) is 0 Å². The van der Waals surface area contributed by atoms with Gasteiger partial charge in [0.1, 0.15) is 4.33 Å². The van der Waals surface area contributed by atoms with Crippen molar-refractivity contribution in [2.45, 2.75) is 4.90 Å². The molecule has 0 bridgehead atoms. The minimum absolute atomic E-state index is 0.423. The smallest absolute Gasteiger partial charge is 0.250 e. The number of thiazole rings is 1. The van der Waals surface area contributed by atoms with E-state index in [4.69, 9.17) is 0 Å². The fourth-order valence-electron chi connectivity index (χ4n) is 0.980. The van der Waals surface area contributed by atoms with Crippen LogP contribution in [-0.2, 0) is 0 Å². The van der Waals surface area contributed by atoms with Crippen molar-refractivity contribution in [1.29, 1.82) is 0 Å². The molecule has 0 saturated carbocycles. The summed E-state index contributed by atoms with van der Waals surface area (Å²) in [6.07, 6.45) is 0. The van der Waals surface area contributed by atoms with Gasteiger partial charge < -0.3 is 0 Å². The molecule has 0 N–H and O–H groups in total. The molecular formula is C7H4N2O2S2. The van der Waals surface area contributed by atoms with Crippen LogP contribution in [-0.4, -0.2) is 9.31 Å². The van der Waals surface area contributed by atoms with Gasteiger partial charge in [0.25, 0.3) is 11.9 Å². The van der Waals surface area contributed by atoms with E-state index in [1.165, 1.54) is 11.3 Å². The number of hydrogen-bond acceptors (Lipinski definition) is 5. The molecular weight excluding hydrogens is 208 g/mol. The van der Waals surface area contributed by atoms with Crippen LogP contribution < -0.4 is 0 Å².